The monoisotopic (exact) mass is 434 g/mol. The second kappa shape index (κ2) is 8.66. The van der Waals surface area contributed by atoms with Crippen molar-refractivity contribution >= 4 is 28.4 Å². The highest BCUT2D eigenvalue weighted by molar-refractivity contribution is 6.30. The molecule has 4 rings (SSSR count). The number of hydrogen-bond acceptors (Lipinski definition) is 5. The number of para-hydroxylation sites is 1. The third-order valence-corrected chi connectivity index (χ3v) is 5.49. The van der Waals surface area contributed by atoms with Gasteiger partial charge in [0.1, 0.15) is 17.1 Å². The smallest absolute Gasteiger partial charge is 0.343 e. The van der Waals surface area contributed by atoms with Crippen molar-refractivity contribution in [3.05, 3.63) is 105 Å². The zero-order valence-corrected chi connectivity index (χ0v) is 17.4. The van der Waals surface area contributed by atoms with Gasteiger partial charge >= 0.3 is 5.63 Å². The minimum absolute atomic E-state index is 0.0371. The number of rotatable bonds is 6. The van der Waals surface area contributed by atoms with Gasteiger partial charge in [0.15, 0.2) is 5.78 Å². The van der Waals surface area contributed by atoms with Gasteiger partial charge in [-0.05, 0) is 54.1 Å². The second-order valence-corrected chi connectivity index (χ2v) is 7.54. The Morgan fingerprint density at radius 2 is 1.71 bits per heavy atom. The summed E-state index contributed by atoms with van der Waals surface area (Å²) in [6, 6.07) is 20.3. The van der Waals surface area contributed by atoms with Gasteiger partial charge in [0.2, 0.25) is 0 Å². The third-order valence-electron chi connectivity index (χ3n) is 5.24. The molecule has 3 aromatic carbocycles. The molecule has 0 saturated heterocycles. The fraction of sp³-hybridized carbons (Fsp3) is 0.120. The van der Waals surface area contributed by atoms with Gasteiger partial charge < -0.3 is 14.3 Å². The van der Waals surface area contributed by atoms with Crippen molar-refractivity contribution in [1.29, 1.82) is 0 Å². The average molecular weight is 435 g/mol. The SMILES string of the molecule is COc1ccc([C@@H](CC(=O)c2ccc(Cl)cc2)c2c(O)c3ccccc3oc2=O)cc1. The first kappa shape index (κ1) is 20.7. The van der Waals surface area contributed by atoms with Crippen molar-refractivity contribution in [2.24, 2.45) is 0 Å². The van der Waals surface area contributed by atoms with Crippen molar-refractivity contribution in [3.8, 4) is 11.5 Å². The van der Waals surface area contributed by atoms with Crippen molar-refractivity contribution < 1.29 is 19.1 Å². The van der Waals surface area contributed by atoms with Crippen molar-refractivity contribution in [2.75, 3.05) is 7.11 Å². The topological polar surface area (TPSA) is 76.7 Å². The molecule has 0 saturated carbocycles. The van der Waals surface area contributed by atoms with Crippen LogP contribution in [0.2, 0.25) is 5.02 Å². The molecule has 0 unspecified atom stereocenters. The maximum absolute atomic E-state index is 13.0. The fourth-order valence-corrected chi connectivity index (χ4v) is 3.74. The van der Waals surface area contributed by atoms with E-state index in [4.69, 9.17) is 20.8 Å². The summed E-state index contributed by atoms with van der Waals surface area (Å²) in [6.07, 6.45) is -0.0371. The third kappa shape index (κ3) is 4.18. The van der Waals surface area contributed by atoms with Crippen LogP contribution in [0, 0.1) is 0 Å². The predicted octanol–water partition coefficient (Wildman–Crippen LogP) is 5.57. The standard InChI is InChI=1S/C25H19ClO5/c1-30-18-12-8-15(9-13-18)20(14-21(27)16-6-10-17(26)11-7-16)23-24(28)19-4-2-3-5-22(19)31-25(23)29/h2-13,20,28H,14H2,1H3/t20-/m1/s1. The molecule has 6 heteroatoms. The summed E-state index contributed by atoms with van der Waals surface area (Å²) in [6.45, 7) is 0. The van der Waals surface area contributed by atoms with E-state index in [2.05, 4.69) is 0 Å². The van der Waals surface area contributed by atoms with Crippen LogP contribution in [0.1, 0.15) is 33.8 Å². The van der Waals surface area contributed by atoms with E-state index >= 15 is 0 Å². The molecule has 1 atom stereocenters. The number of methoxy groups -OCH3 is 1. The van der Waals surface area contributed by atoms with Crippen LogP contribution in [0.5, 0.6) is 11.5 Å². The number of hydrogen-bond donors (Lipinski definition) is 1. The maximum atomic E-state index is 13.0. The van der Waals surface area contributed by atoms with E-state index < -0.39 is 11.5 Å². The summed E-state index contributed by atoms with van der Waals surface area (Å²) in [5.41, 5.74) is 0.798. The van der Waals surface area contributed by atoms with Gasteiger partial charge in [-0.3, -0.25) is 4.79 Å². The van der Waals surface area contributed by atoms with Crippen molar-refractivity contribution in [3.63, 3.8) is 0 Å². The number of Topliss-reactive ketones (excluding diaryl/α,β-unsaturated/α-hetero) is 1. The molecule has 1 heterocycles. The van der Waals surface area contributed by atoms with Gasteiger partial charge in [-0.1, -0.05) is 35.9 Å². The Labute approximate surface area is 183 Å². The minimum atomic E-state index is -0.713. The summed E-state index contributed by atoms with van der Waals surface area (Å²) in [5.74, 6) is -0.447. The second-order valence-electron chi connectivity index (χ2n) is 7.11. The van der Waals surface area contributed by atoms with Gasteiger partial charge in [-0.15, -0.1) is 0 Å². The molecule has 0 fully saturated rings. The normalized spacial score (nSPS) is 11.9. The first-order valence-corrected chi connectivity index (χ1v) is 10.0. The number of halogens is 1. The predicted molar refractivity (Wildman–Crippen MR) is 119 cm³/mol. The Kier molecular flexibility index (Phi) is 5.78. The van der Waals surface area contributed by atoms with Crippen molar-refractivity contribution in [1.82, 2.24) is 0 Å². The molecule has 0 aliphatic rings. The molecule has 0 amide bonds. The van der Waals surface area contributed by atoms with E-state index in [1.54, 1.807) is 79.9 Å². The molecular weight excluding hydrogens is 416 g/mol. The molecule has 1 aromatic heterocycles. The highest BCUT2D eigenvalue weighted by Gasteiger charge is 2.27. The number of carbonyl (C=O) groups is 1. The average Bonchev–Trinajstić information content (AvgIpc) is 2.79. The molecular formula is C25H19ClO5. The lowest BCUT2D eigenvalue weighted by Crippen LogP contribution is -2.17. The van der Waals surface area contributed by atoms with E-state index in [0.717, 1.165) is 0 Å². The minimum Gasteiger partial charge on any atom is -0.507 e. The first-order chi connectivity index (χ1) is 15.0. The van der Waals surface area contributed by atoms with Crippen LogP contribution in [0.25, 0.3) is 11.0 Å². The Balaban J connectivity index is 1.84. The summed E-state index contributed by atoms with van der Waals surface area (Å²) >= 11 is 5.93. The number of aromatic hydroxyl groups is 1. The van der Waals surface area contributed by atoms with Gasteiger partial charge in [-0.2, -0.15) is 0 Å². The highest BCUT2D eigenvalue weighted by atomic mass is 35.5. The van der Waals surface area contributed by atoms with Crippen LogP contribution >= 0.6 is 11.6 Å². The molecule has 0 bridgehead atoms. The number of carbonyl (C=O) groups excluding carboxylic acids is 1. The lowest BCUT2D eigenvalue weighted by Gasteiger charge is -2.18. The molecule has 5 nitrogen and oxygen atoms in total. The fourth-order valence-electron chi connectivity index (χ4n) is 3.62. The maximum Gasteiger partial charge on any atom is 0.343 e. The van der Waals surface area contributed by atoms with Gasteiger partial charge in [0.05, 0.1) is 18.1 Å². The highest BCUT2D eigenvalue weighted by Crippen LogP contribution is 2.37. The molecule has 0 aliphatic carbocycles. The Morgan fingerprint density at radius 1 is 1.03 bits per heavy atom. The van der Waals surface area contributed by atoms with Crippen LogP contribution in [0.4, 0.5) is 0 Å². The number of fused-ring (bicyclic) bond motifs is 1. The van der Waals surface area contributed by atoms with E-state index in [1.165, 1.54) is 0 Å². The van der Waals surface area contributed by atoms with Gasteiger partial charge in [0, 0.05) is 22.9 Å². The molecule has 31 heavy (non-hydrogen) atoms. The van der Waals surface area contributed by atoms with Crippen LogP contribution < -0.4 is 10.4 Å². The molecule has 156 valence electrons. The van der Waals surface area contributed by atoms with E-state index in [0.29, 0.717) is 27.3 Å². The Bertz CT molecular complexity index is 1290. The number of ether oxygens (including phenoxy) is 1. The van der Waals surface area contributed by atoms with Crippen LogP contribution in [0.15, 0.2) is 82.0 Å². The van der Waals surface area contributed by atoms with Gasteiger partial charge in [-0.25, -0.2) is 4.79 Å². The largest absolute Gasteiger partial charge is 0.507 e. The summed E-state index contributed by atoms with van der Waals surface area (Å²) in [5, 5.41) is 11.9. The lowest BCUT2D eigenvalue weighted by atomic mass is 9.85. The van der Waals surface area contributed by atoms with Crippen LogP contribution in [0.3, 0.4) is 0 Å². The quantitative estimate of drug-likeness (QED) is 0.317. The lowest BCUT2D eigenvalue weighted by molar-refractivity contribution is 0.0977. The Morgan fingerprint density at radius 3 is 2.39 bits per heavy atom. The van der Waals surface area contributed by atoms with E-state index in [9.17, 15) is 14.7 Å². The Hall–Kier alpha value is -3.57. The van der Waals surface area contributed by atoms with Crippen molar-refractivity contribution in [2.45, 2.75) is 12.3 Å². The zero-order chi connectivity index (χ0) is 22.0. The zero-order valence-electron chi connectivity index (χ0n) is 16.7. The molecule has 0 aliphatic heterocycles. The van der Waals surface area contributed by atoms with Crippen LogP contribution in [-0.2, 0) is 0 Å². The molecule has 1 N–H and O–H groups in total. The summed E-state index contributed by atoms with van der Waals surface area (Å²) in [7, 11) is 1.56. The molecule has 4 aromatic rings. The number of ketones is 1. The van der Waals surface area contributed by atoms with Crippen LogP contribution in [-0.4, -0.2) is 18.0 Å². The molecule has 0 spiro atoms. The van der Waals surface area contributed by atoms with Gasteiger partial charge in [0.25, 0.3) is 0 Å². The summed E-state index contributed by atoms with van der Waals surface area (Å²) in [4.78, 5) is 25.9. The molecule has 0 radical (unpaired) electrons. The first-order valence-electron chi connectivity index (χ1n) is 9.65. The number of benzene rings is 3. The van der Waals surface area contributed by atoms with E-state index in [1.807, 2.05) is 0 Å². The summed E-state index contributed by atoms with van der Waals surface area (Å²) < 4.78 is 10.7. The van der Waals surface area contributed by atoms with E-state index in [-0.39, 0.29) is 29.1 Å².